The molecule has 5 unspecified atom stereocenters. The number of benzene rings is 1. The van der Waals surface area contributed by atoms with Crippen LogP contribution in [0.4, 0.5) is 0 Å². The fourth-order valence-electron chi connectivity index (χ4n) is 3.02. The summed E-state index contributed by atoms with van der Waals surface area (Å²) in [4.78, 5) is 49.0. The molecule has 0 aliphatic rings. The smallest absolute Gasteiger partial charge is 0.328 e. The standard InChI is InChI=1S/C22H35N5O6/c1-13(19(29)27-18(14(2)28)22(32)33)25-21(31)17(12-15-8-4-3-5-9-15)26-20(30)16(24)10-6-7-11-23/h3-5,8-9,13-14,16-18,28H,6-7,10-12,23-24H2,1-2H3,(H,25,31)(H,26,30)(H,27,29)(H,32,33). The summed E-state index contributed by atoms with van der Waals surface area (Å²) in [6.45, 7) is 3.09. The van der Waals surface area contributed by atoms with Crippen molar-refractivity contribution in [1.29, 1.82) is 0 Å². The third kappa shape index (κ3) is 9.98. The van der Waals surface area contributed by atoms with Crippen LogP contribution in [0.5, 0.6) is 0 Å². The maximum Gasteiger partial charge on any atom is 0.328 e. The van der Waals surface area contributed by atoms with Gasteiger partial charge in [-0.05, 0) is 38.8 Å². The van der Waals surface area contributed by atoms with Crippen molar-refractivity contribution in [1.82, 2.24) is 16.0 Å². The number of nitrogens with one attached hydrogen (secondary N) is 3. The molecule has 11 nitrogen and oxygen atoms in total. The number of nitrogens with two attached hydrogens (primary N) is 2. The molecule has 0 aliphatic heterocycles. The zero-order valence-corrected chi connectivity index (χ0v) is 19.0. The second kappa shape index (κ2) is 14.2. The third-order valence-corrected chi connectivity index (χ3v) is 5.02. The second-order valence-electron chi connectivity index (χ2n) is 7.94. The van der Waals surface area contributed by atoms with E-state index in [0.717, 1.165) is 12.0 Å². The molecule has 0 heterocycles. The minimum atomic E-state index is -1.52. The fraction of sp³-hybridized carbons (Fsp3) is 0.545. The van der Waals surface area contributed by atoms with Crippen LogP contribution >= 0.6 is 0 Å². The lowest BCUT2D eigenvalue weighted by atomic mass is 10.0. The summed E-state index contributed by atoms with van der Waals surface area (Å²) in [7, 11) is 0. The van der Waals surface area contributed by atoms with Gasteiger partial charge in [0, 0.05) is 6.42 Å². The number of aliphatic carboxylic acids is 1. The number of hydrogen-bond acceptors (Lipinski definition) is 7. The van der Waals surface area contributed by atoms with Crippen molar-refractivity contribution in [3.05, 3.63) is 35.9 Å². The number of carboxylic acids is 1. The highest BCUT2D eigenvalue weighted by atomic mass is 16.4. The van der Waals surface area contributed by atoms with E-state index in [1.165, 1.54) is 13.8 Å². The van der Waals surface area contributed by atoms with Gasteiger partial charge in [-0.25, -0.2) is 4.79 Å². The molecule has 0 saturated carbocycles. The van der Waals surface area contributed by atoms with Crippen molar-refractivity contribution in [2.45, 2.75) is 69.8 Å². The van der Waals surface area contributed by atoms with Crippen LogP contribution in [0.2, 0.25) is 0 Å². The Kier molecular flexibility index (Phi) is 12.0. The number of hydrogen-bond donors (Lipinski definition) is 7. The Morgan fingerprint density at radius 1 is 0.939 bits per heavy atom. The van der Waals surface area contributed by atoms with Gasteiger partial charge in [-0.1, -0.05) is 36.8 Å². The zero-order chi connectivity index (χ0) is 25.0. The first kappa shape index (κ1) is 28.0. The van der Waals surface area contributed by atoms with Gasteiger partial charge in [-0.2, -0.15) is 0 Å². The van der Waals surface area contributed by atoms with Gasteiger partial charge in [-0.15, -0.1) is 0 Å². The summed E-state index contributed by atoms with van der Waals surface area (Å²) in [6, 6.07) is 4.53. The Hall–Kier alpha value is -3.02. The van der Waals surface area contributed by atoms with Crippen molar-refractivity contribution < 1.29 is 29.4 Å². The van der Waals surface area contributed by atoms with Crippen LogP contribution in [0.25, 0.3) is 0 Å². The van der Waals surface area contributed by atoms with Gasteiger partial charge in [0.05, 0.1) is 12.1 Å². The van der Waals surface area contributed by atoms with E-state index in [1.54, 1.807) is 24.3 Å². The van der Waals surface area contributed by atoms with E-state index >= 15 is 0 Å². The average molecular weight is 466 g/mol. The summed E-state index contributed by atoms with van der Waals surface area (Å²) in [5.74, 6) is -3.33. The topological polar surface area (TPSA) is 197 Å². The molecule has 0 spiro atoms. The first-order valence-electron chi connectivity index (χ1n) is 10.9. The SMILES string of the molecule is CC(NC(=O)C(Cc1ccccc1)NC(=O)C(N)CCCCN)C(=O)NC(C(=O)O)C(C)O. The van der Waals surface area contributed by atoms with Crippen LogP contribution in [0.1, 0.15) is 38.7 Å². The fourth-order valence-corrected chi connectivity index (χ4v) is 3.02. The number of carbonyl (C=O) groups excluding carboxylic acids is 3. The quantitative estimate of drug-likeness (QED) is 0.163. The Labute approximate surface area is 193 Å². The number of rotatable bonds is 14. The lowest BCUT2D eigenvalue weighted by Gasteiger charge is -2.24. The highest BCUT2D eigenvalue weighted by molar-refractivity contribution is 5.94. The lowest BCUT2D eigenvalue weighted by molar-refractivity contribution is -0.145. The van der Waals surface area contributed by atoms with Crippen molar-refractivity contribution in [2.75, 3.05) is 6.54 Å². The van der Waals surface area contributed by atoms with E-state index in [4.69, 9.17) is 16.6 Å². The molecule has 33 heavy (non-hydrogen) atoms. The van der Waals surface area contributed by atoms with Gasteiger partial charge in [0.15, 0.2) is 6.04 Å². The molecule has 1 aromatic rings. The van der Waals surface area contributed by atoms with Crippen LogP contribution in [-0.2, 0) is 25.6 Å². The number of unbranched alkanes of at least 4 members (excludes halogenated alkanes) is 1. The van der Waals surface area contributed by atoms with E-state index in [0.29, 0.717) is 19.4 Å². The van der Waals surface area contributed by atoms with Crippen molar-refractivity contribution in [2.24, 2.45) is 11.5 Å². The third-order valence-electron chi connectivity index (χ3n) is 5.02. The molecule has 9 N–H and O–H groups in total. The molecule has 11 heteroatoms. The van der Waals surface area contributed by atoms with Crippen molar-refractivity contribution >= 4 is 23.7 Å². The molecular weight excluding hydrogens is 430 g/mol. The second-order valence-corrected chi connectivity index (χ2v) is 7.94. The van der Waals surface area contributed by atoms with Crippen LogP contribution in [0.3, 0.4) is 0 Å². The number of carbonyl (C=O) groups is 4. The first-order valence-corrected chi connectivity index (χ1v) is 10.9. The van der Waals surface area contributed by atoms with Gasteiger partial charge in [0.1, 0.15) is 12.1 Å². The molecule has 3 amide bonds. The predicted molar refractivity (Wildman–Crippen MR) is 122 cm³/mol. The van der Waals surface area contributed by atoms with E-state index in [2.05, 4.69) is 16.0 Å². The summed E-state index contributed by atoms with van der Waals surface area (Å²) in [6.07, 6.45) is 0.641. The molecule has 1 rings (SSSR count). The number of carboxylic acid groups (broad SMARTS) is 1. The van der Waals surface area contributed by atoms with Crippen LogP contribution in [-0.4, -0.2) is 70.7 Å². The molecule has 0 bridgehead atoms. The molecule has 0 aromatic heterocycles. The molecule has 0 saturated heterocycles. The number of amides is 3. The highest BCUT2D eigenvalue weighted by Gasteiger charge is 2.30. The minimum absolute atomic E-state index is 0.160. The number of aliphatic hydroxyl groups is 1. The normalized spacial score (nSPS) is 15.4. The monoisotopic (exact) mass is 465 g/mol. The minimum Gasteiger partial charge on any atom is -0.480 e. The van der Waals surface area contributed by atoms with Gasteiger partial charge < -0.3 is 37.6 Å². The Morgan fingerprint density at radius 3 is 2.12 bits per heavy atom. The maximum absolute atomic E-state index is 12.9. The van der Waals surface area contributed by atoms with E-state index in [1.807, 2.05) is 6.07 Å². The van der Waals surface area contributed by atoms with E-state index in [9.17, 15) is 24.3 Å². The summed E-state index contributed by atoms with van der Waals surface area (Å²) >= 11 is 0. The molecular formula is C22H35N5O6. The van der Waals surface area contributed by atoms with Gasteiger partial charge in [0.25, 0.3) is 0 Å². The molecule has 5 atom stereocenters. The Balaban J connectivity index is 2.86. The lowest BCUT2D eigenvalue weighted by Crippen LogP contribution is -2.57. The largest absolute Gasteiger partial charge is 0.480 e. The van der Waals surface area contributed by atoms with Crippen LogP contribution in [0, 0.1) is 0 Å². The zero-order valence-electron chi connectivity index (χ0n) is 19.0. The number of aliphatic hydroxyl groups excluding tert-OH is 1. The first-order chi connectivity index (χ1) is 15.6. The molecule has 1 aromatic carbocycles. The van der Waals surface area contributed by atoms with E-state index in [-0.39, 0.29) is 6.42 Å². The van der Waals surface area contributed by atoms with Gasteiger partial charge in [0.2, 0.25) is 17.7 Å². The van der Waals surface area contributed by atoms with E-state index < -0.39 is 54.0 Å². The molecule has 0 aliphatic carbocycles. The van der Waals surface area contributed by atoms with Crippen molar-refractivity contribution in [3.8, 4) is 0 Å². The molecule has 184 valence electrons. The average Bonchev–Trinajstić information content (AvgIpc) is 2.76. The Bertz CT molecular complexity index is 789. The van der Waals surface area contributed by atoms with Gasteiger partial charge >= 0.3 is 5.97 Å². The Morgan fingerprint density at radius 2 is 1.58 bits per heavy atom. The molecule has 0 fully saturated rings. The summed E-state index contributed by atoms with van der Waals surface area (Å²) < 4.78 is 0. The predicted octanol–water partition coefficient (Wildman–Crippen LogP) is -1.37. The van der Waals surface area contributed by atoms with Gasteiger partial charge in [-0.3, -0.25) is 14.4 Å². The summed E-state index contributed by atoms with van der Waals surface area (Å²) in [5.41, 5.74) is 12.2. The van der Waals surface area contributed by atoms with Crippen LogP contribution in [0.15, 0.2) is 30.3 Å². The highest BCUT2D eigenvalue weighted by Crippen LogP contribution is 2.06. The van der Waals surface area contributed by atoms with Crippen LogP contribution < -0.4 is 27.4 Å². The summed E-state index contributed by atoms with van der Waals surface area (Å²) in [5, 5.41) is 25.9. The molecule has 0 radical (unpaired) electrons. The van der Waals surface area contributed by atoms with Crippen molar-refractivity contribution in [3.63, 3.8) is 0 Å². The maximum atomic E-state index is 12.9.